The zero-order valence-electron chi connectivity index (χ0n) is 10.4. The van der Waals surface area contributed by atoms with Crippen LogP contribution in [0.5, 0.6) is 11.5 Å². The van der Waals surface area contributed by atoms with Crippen molar-refractivity contribution in [2.24, 2.45) is 0 Å². The van der Waals surface area contributed by atoms with Crippen molar-refractivity contribution in [3.05, 3.63) is 28.3 Å². The highest BCUT2D eigenvalue weighted by molar-refractivity contribution is 5.88. The number of carbonyl (C=O) groups is 1. The Kier molecular flexibility index (Phi) is 2.70. The van der Waals surface area contributed by atoms with E-state index in [1.807, 2.05) is 0 Å². The standard InChI is InChI=1S/C13H12N2O4/c1-7(16)19-10-5-9-11(13(17)15-6-14-9)12-8(10)3-2-4-18-12/h5-6H,2-4H2,1H3,(H,14,15,17). The molecule has 0 atom stereocenters. The molecule has 2 heterocycles. The summed E-state index contributed by atoms with van der Waals surface area (Å²) in [6, 6.07) is 1.61. The van der Waals surface area contributed by atoms with E-state index in [2.05, 4.69) is 9.97 Å². The Labute approximate surface area is 108 Å². The molecule has 1 aliphatic rings. The zero-order chi connectivity index (χ0) is 13.4. The van der Waals surface area contributed by atoms with Crippen molar-refractivity contribution >= 4 is 16.9 Å². The lowest BCUT2D eigenvalue weighted by Crippen LogP contribution is -2.16. The van der Waals surface area contributed by atoms with Crippen LogP contribution >= 0.6 is 0 Å². The maximum Gasteiger partial charge on any atom is 0.308 e. The van der Waals surface area contributed by atoms with E-state index in [1.54, 1.807) is 6.07 Å². The fourth-order valence-electron chi connectivity index (χ4n) is 2.28. The number of hydrogen-bond donors (Lipinski definition) is 1. The van der Waals surface area contributed by atoms with Crippen molar-refractivity contribution in [3.8, 4) is 11.5 Å². The molecule has 98 valence electrons. The highest BCUT2D eigenvalue weighted by Crippen LogP contribution is 2.37. The molecule has 0 radical (unpaired) electrons. The van der Waals surface area contributed by atoms with Crippen LogP contribution in [0, 0.1) is 0 Å². The number of fused-ring (bicyclic) bond motifs is 3. The fraction of sp³-hybridized carbons (Fsp3) is 0.308. The van der Waals surface area contributed by atoms with Gasteiger partial charge in [-0.15, -0.1) is 0 Å². The molecule has 6 heteroatoms. The van der Waals surface area contributed by atoms with Crippen LogP contribution in [0.3, 0.4) is 0 Å². The van der Waals surface area contributed by atoms with E-state index in [0.29, 0.717) is 35.4 Å². The van der Waals surface area contributed by atoms with Crippen LogP contribution in [-0.2, 0) is 11.2 Å². The van der Waals surface area contributed by atoms with Gasteiger partial charge < -0.3 is 14.5 Å². The van der Waals surface area contributed by atoms with E-state index >= 15 is 0 Å². The third kappa shape index (κ3) is 1.95. The topological polar surface area (TPSA) is 81.3 Å². The first kappa shape index (κ1) is 11.7. The largest absolute Gasteiger partial charge is 0.492 e. The summed E-state index contributed by atoms with van der Waals surface area (Å²) in [7, 11) is 0. The van der Waals surface area contributed by atoms with Crippen LogP contribution in [0.15, 0.2) is 17.2 Å². The van der Waals surface area contributed by atoms with Crippen molar-refractivity contribution in [1.29, 1.82) is 0 Å². The maximum absolute atomic E-state index is 11.9. The second-order valence-corrected chi connectivity index (χ2v) is 4.35. The molecule has 2 aromatic rings. The molecule has 19 heavy (non-hydrogen) atoms. The van der Waals surface area contributed by atoms with Gasteiger partial charge in [0.25, 0.3) is 5.56 Å². The first-order valence-electron chi connectivity index (χ1n) is 6.01. The Hall–Kier alpha value is -2.37. The summed E-state index contributed by atoms with van der Waals surface area (Å²) in [5.74, 6) is 0.499. The predicted molar refractivity (Wildman–Crippen MR) is 67.5 cm³/mol. The van der Waals surface area contributed by atoms with Gasteiger partial charge in [-0.3, -0.25) is 9.59 Å². The van der Waals surface area contributed by atoms with Gasteiger partial charge in [0.05, 0.1) is 18.5 Å². The first-order valence-corrected chi connectivity index (χ1v) is 6.01. The second-order valence-electron chi connectivity index (χ2n) is 4.35. The highest BCUT2D eigenvalue weighted by Gasteiger charge is 2.22. The number of benzene rings is 1. The molecule has 1 aromatic carbocycles. The summed E-state index contributed by atoms with van der Waals surface area (Å²) in [5.41, 5.74) is 0.964. The van der Waals surface area contributed by atoms with Crippen molar-refractivity contribution < 1.29 is 14.3 Å². The Morgan fingerprint density at radius 3 is 3.16 bits per heavy atom. The van der Waals surface area contributed by atoms with Crippen LogP contribution in [0.2, 0.25) is 0 Å². The van der Waals surface area contributed by atoms with Gasteiger partial charge in [-0.1, -0.05) is 0 Å². The summed E-state index contributed by atoms with van der Waals surface area (Å²) in [4.78, 5) is 29.7. The molecular formula is C13H12N2O4. The molecule has 0 fully saturated rings. The number of ether oxygens (including phenoxy) is 2. The zero-order valence-corrected chi connectivity index (χ0v) is 10.4. The van der Waals surface area contributed by atoms with Gasteiger partial charge in [0.2, 0.25) is 0 Å². The number of hydrogen-bond acceptors (Lipinski definition) is 5. The van der Waals surface area contributed by atoms with Crippen molar-refractivity contribution in [2.75, 3.05) is 6.61 Å². The smallest absolute Gasteiger partial charge is 0.308 e. The highest BCUT2D eigenvalue weighted by atomic mass is 16.5. The molecule has 0 spiro atoms. The Balaban J connectivity index is 2.34. The normalized spacial score (nSPS) is 13.7. The summed E-state index contributed by atoms with van der Waals surface area (Å²) < 4.78 is 10.8. The molecule has 1 N–H and O–H groups in total. The number of rotatable bonds is 1. The van der Waals surface area contributed by atoms with Gasteiger partial charge in [-0.2, -0.15) is 0 Å². The van der Waals surface area contributed by atoms with E-state index in [0.717, 1.165) is 12.0 Å². The Bertz CT molecular complexity index is 720. The van der Waals surface area contributed by atoms with Gasteiger partial charge in [0, 0.05) is 18.6 Å². The second kappa shape index (κ2) is 4.38. The molecule has 0 saturated carbocycles. The number of esters is 1. The molecule has 3 rings (SSSR count). The quantitative estimate of drug-likeness (QED) is 0.615. The molecule has 1 aromatic heterocycles. The maximum atomic E-state index is 11.9. The summed E-state index contributed by atoms with van der Waals surface area (Å²) in [6.07, 6.45) is 2.85. The number of nitrogens with zero attached hydrogens (tertiary/aromatic N) is 1. The first-order chi connectivity index (χ1) is 9.16. The molecular weight excluding hydrogens is 248 g/mol. The van der Waals surface area contributed by atoms with Crippen LogP contribution in [0.4, 0.5) is 0 Å². The summed E-state index contributed by atoms with van der Waals surface area (Å²) in [6.45, 7) is 1.88. The van der Waals surface area contributed by atoms with Gasteiger partial charge in [-0.05, 0) is 12.8 Å². The van der Waals surface area contributed by atoms with E-state index in [9.17, 15) is 9.59 Å². The average molecular weight is 260 g/mol. The summed E-state index contributed by atoms with van der Waals surface area (Å²) in [5, 5.41) is 0.410. The Morgan fingerprint density at radius 1 is 1.53 bits per heavy atom. The lowest BCUT2D eigenvalue weighted by molar-refractivity contribution is -0.131. The number of carbonyl (C=O) groups excluding carboxylic acids is 1. The molecule has 0 saturated heterocycles. The van der Waals surface area contributed by atoms with E-state index < -0.39 is 5.97 Å². The molecule has 0 amide bonds. The lowest BCUT2D eigenvalue weighted by atomic mass is 10.0. The molecule has 1 aliphatic heterocycles. The molecule has 0 aliphatic carbocycles. The fourth-order valence-corrected chi connectivity index (χ4v) is 2.28. The SMILES string of the molecule is CC(=O)Oc1cc2nc[nH]c(=O)c2c2c1CCCO2. The third-order valence-electron chi connectivity index (χ3n) is 3.02. The van der Waals surface area contributed by atoms with Crippen molar-refractivity contribution in [3.63, 3.8) is 0 Å². The van der Waals surface area contributed by atoms with Gasteiger partial charge in [-0.25, -0.2) is 4.98 Å². The third-order valence-corrected chi connectivity index (χ3v) is 3.02. The minimum Gasteiger partial charge on any atom is -0.492 e. The van der Waals surface area contributed by atoms with Crippen LogP contribution in [0.25, 0.3) is 10.9 Å². The van der Waals surface area contributed by atoms with E-state index in [-0.39, 0.29) is 5.56 Å². The number of nitrogens with one attached hydrogen (secondary N) is 1. The van der Waals surface area contributed by atoms with E-state index in [4.69, 9.17) is 9.47 Å². The number of aromatic amines is 1. The predicted octanol–water partition coefficient (Wildman–Crippen LogP) is 1.17. The average Bonchev–Trinajstić information content (AvgIpc) is 2.38. The number of H-pyrrole nitrogens is 1. The van der Waals surface area contributed by atoms with Crippen LogP contribution in [0.1, 0.15) is 18.9 Å². The summed E-state index contributed by atoms with van der Waals surface area (Å²) >= 11 is 0. The van der Waals surface area contributed by atoms with Gasteiger partial charge in [0.1, 0.15) is 16.9 Å². The monoisotopic (exact) mass is 260 g/mol. The van der Waals surface area contributed by atoms with Crippen LogP contribution < -0.4 is 15.0 Å². The van der Waals surface area contributed by atoms with E-state index in [1.165, 1.54) is 13.3 Å². The molecule has 6 nitrogen and oxygen atoms in total. The minimum absolute atomic E-state index is 0.252. The number of aromatic nitrogens is 2. The van der Waals surface area contributed by atoms with Crippen LogP contribution in [-0.4, -0.2) is 22.5 Å². The lowest BCUT2D eigenvalue weighted by Gasteiger charge is -2.20. The minimum atomic E-state index is -0.406. The molecule has 0 bridgehead atoms. The van der Waals surface area contributed by atoms with Crippen molar-refractivity contribution in [1.82, 2.24) is 9.97 Å². The van der Waals surface area contributed by atoms with Gasteiger partial charge >= 0.3 is 5.97 Å². The molecule has 0 unspecified atom stereocenters. The van der Waals surface area contributed by atoms with Gasteiger partial charge in [0.15, 0.2) is 0 Å². The van der Waals surface area contributed by atoms with Crippen molar-refractivity contribution in [2.45, 2.75) is 19.8 Å². The Morgan fingerprint density at radius 2 is 2.37 bits per heavy atom.